The van der Waals surface area contributed by atoms with E-state index in [9.17, 15) is 28.1 Å². The third-order valence-corrected chi connectivity index (χ3v) is 3.96. The van der Waals surface area contributed by atoms with Crippen LogP contribution < -0.4 is 5.32 Å². The Balaban J connectivity index is 1.87. The normalized spacial score (nSPS) is 14.0. The average Bonchev–Trinajstić information content (AvgIpc) is 3.25. The molecule has 1 aliphatic carbocycles. The molecule has 2 aromatic rings. The zero-order valence-corrected chi connectivity index (χ0v) is 14.0. The molecule has 27 heavy (non-hydrogen) atoms. The van der Waals surface area contributed by atoms with Crippen LogP contribution in [0.2, 0.25) is 0 Å². The first-order valence-corrected chi connectivity index (χ1v) is 8.16. The number of alkyl halides is 3. The summed E-state index contributed by atoms with van der Waals surface area (Å²) in [7, 11) is 0. The Morgan fingerprint density at radius 3 is 2.63 bits per heavy atom. The Morgan fingerprint density at radius 2 is 2.07 bits per heavy atom. The maximum absolute atomic E-state index is 12.9. The van der Waals surface area contributed by atoms with Gasteiger partial charge in [-0.25, -0.2) is 0 Å². The van der Waals surface area contributed by atoms with E-state index in [0.29, 0.717) is 4.90 Å². The highest BCUT2D eigenvalue weighted by Crippen LogP contribution is 2.32. The molecule has 1 heterocycles. The first-order chi connectivity index (χ1) is 12.7. The monoisotopic (exact) mass is 383 g/mol. The lowest BCUT2D eigenvalue weighted by Gasteiger charge is -2.23. The molecule has 0 atom stereocenters. The van der Waals surface area contributed by atoms with Crippen molar-refractivity contribution in [1.82, 2.24) is 4.90 Å². The fourth-order valence-electron chi connectivity index (χ4n) is 2.57. The molecule has 1 fully saturated rings. The largest absolute Gasteiger partial charge is 0.467 e. The van der Waals surface area contributed by atoms with Crippen molar-refractivity contribution in [2.45, 2.75) is 31.6 Å². The minimum Gasteiger partial charge on any atom is -0.467 e. The van der Waals surface area contributed by atoms with Crippen molar-refractivity contribution in [1.29, 1.82) is 0 Å². The van der Waals surface area contributed by atoms with Gasteiger partial charge in [0.05, 0.1) is 17.7 Å². The molecule has 0 aliphatic heterocycles. The van der Waals surface area contributed by atoms with Crippen LogP contribution in [0.1, 0.15) is 29.0 Å². The van der Waals surface area contributed by atoms with Crippen molar-refractivity contribution in [2.24, 2.45) is 0 Å². The minimum absolute atomic E-state index is 0.144. The van der Waals surface area contributed by atoms with Gasteiger partial charge in [-0.15, -0.1) is 0 Å². The van der Waals surface area contributed by atoms with E-state index in [0.717, 1.165) is 18.9 Å². The number of furan rings is 1. The highest BCUT2D eigenvalue weighted by atomic mass is 19.4. The molecule has 7 nitrogen and oxygen atoms in total. The molecule has 0 saturated heterocycles. The van der Waals surface area contributed by atoms with Crippen molar-refractivity contribution in [3.05, 3.63) is 58.0 Å². The number of nitro groups is 1. The second kappa shape index (κ2) is 7.29. The van der Waals surface area contributed by atoms with Gasteiger partial charge in [-0.3, -0.25) is 14.9 Å². The minimum atomic E-state index is -4.62. The van der Waals surface area contributed by atoms with Gasteiger partial charge in [0.15, 0.2) is 0 Å². The second-order valence-electron chi connectivity index (χ2n) is 6.26. The van der Waals surface area contributed by atoms with Crippen LogP contribution in [0.25, 0.3) is 0 Å². The van der Waals surface area contributed by atoms with Crippen LogP contribution in [-0.2, 0) is 6.54 Å². The topological polar surface area (TPSA) is 88.6 Å². The third-order valence-electron chi connectivity index (χ3n) is 3.96. The number of benzene rings is 1. The van der Waals surface area contributed by atoms with Crippen molar-refractivity contribution < 1.29 is 27.3 Å². The van der Waals surface area contributed by atoms with E-state index in [4.69, 9.17) is 4.42 Å². The Kier molecular flexibility index (Phi) is 5.06. The number of carbonyl (C=O) groups excluding carboxylic acids is 1. The molecule has 0 radical (unpaired) electrons. The van der Waals surface area contributed by atoms with Gasteiger partial charge in [0, 0.05) is 17.7 Å². The first kappa shape index (κ1) is 18.7. The SMILES string of the molecule is O=C(c1ccc(NC2CC2)c([N+](=O)[O-])c1)N(Cc1ccco1)CC(F)(F)F. The summed E-state index contributed by atoms with van der Waals surface area (Å²) in [6, 6.07) is 6.72. The highest BCUT2D eigenvalue weighted by molar-refractivity contribution is 5.95. The van der Waals surface area contributed by atoms with Crippen LogP contribution in [0.5, 0.6) is 0 Å². The van der Waals surface area contributed by atoms with Gasteiger partial charge in [-0.05, 0) is 37.1 Å². The maximum Gasteiger partial charge on any atom is 0.406 e. The lowest BCUT2D eigenvalue weighted by Crippen LogP contribution is -2.38. The third kappa shape index (κ3) is 4.99. The van der Waals surface area contributed by atoms with Crippen molar-refractivity contribution in [3.8, 4) is 0 Å². The second-order valence-corrected chi connectivity index (χ2v) is 6.26. The molecule has 1 aliphatic rings. The van der Waals surface area contributed by atoms with Gasteiger partial charge in [0.25, 0.3) is 11.6 Å². The van der Waals surface area contributed by atoms with E-state index in [1.165, 1.54) is 30.5 Å². The van der Waals surface area contributed by atoms with Crippen molar-refractivity contribution in [2.75, 3.05) is 11.9 Å². The quantitative estimate of drug-likeness (QED) is 0.577. The van der Waals surface area contributed by atoms with E-state index >= 15 is 0 Å². The van der Waals surface area contributed by atoms with E-state index in [2.05, 4.69) is 5.32 Å². The Hall–Kier alpha value is -3.04. The summed E-state index contributed by atoms with van der Waals surface area (Å²) < 4.78 is 43.7. The Morgan fingerprint density at radius 1 is 1.33 bits per heavy atom. The molecule has 0 unspecified atom stereocenters. The van der Waals surface area contributed by atoms with Crippen molar-refractivity contribution >= 4 is 17.3 Å². The number of anilines is 1. The van der Waals surface area contributed by atoms with Crippen LogP contribution in [0.15, 0.2) is 41.0 Å². The maximum atomic E-state index is 12.9. The molecule has 1 aromatic carbocycles. The smallest absolute Gasteiger partial charge is 0.406 e. The number of halogens is 3. The molecule has 1 N–H and O–H groups in total. The van der Waals surface area contributed by atoms with Crippen LogP contribution in [0.3, 0.4) is 0 Å². The molecule has 10 heteroatoms. The van der Waals surface area contributed by atoms with E-state index in [1.807, 2.05) is 0 Å². The summed E-state index contributed by atoms with van der Waals surface area (Å²) in [4.78, 5) is 23.8. The zero-order valence-electron chi connectivity index (χ0n) is 14.0. The summed E-state index contributed by atoms with van der Waals surface area (Å²) >= 11 is 0. The lowest BCUT2D eigenvalue weighted by atomic mass is 10.1. The molecular weight excluding hydrogens is 367 g/mol. The molecule has 0 bridgehead atoms. The number of hydrogen-bond acceptors (Lipinski definition) is 5. The van der Waals surface area contributed by atoms with E-state index in [-0.39, 0.29) is 28.7 Å². The van der Waals surface area contributed by atoms with E-state index in [1.54, 1.807) is 0 Å². The van der Waals surface area contributed by atoms with Crippen LogP contribution in [0, 0.1) is 10.1 Å². The average molecular weight is 383 g/mol. The summed E-state index contributed by atoms with van der Waals surface area (Å²) in [6.07, 6.45) is -1.56. The van der Waals surface area contributed by atoms with Crippen molar-refractivity contribution in [3.63, 3.8) is 0 Å². The summed E-state index contributed by atoms with van der Waals surface area (Å²) in [5.41, 5.74) is -0.302. The molecule has 144 valence electrons. The molecule has 1 aromatic heterocycles. The predicted molar refractivity (Wildman–Crippen MR) is 89.2 cm³/mol. The molecule has 1 amide bonds. The van der Waals surface area contributed by atoms with Gasteiger partial charge >= 0.3 is 6.18 Å². The molecule has 1 saturated carbocycles. The number of carbonyl (C=O) groups is 1. The number of nitrogens with zero attached hydrogens (tertiary/aromatic N) is 2. The van der Waals surface area contributed by atoms with Gasteiger partial charge < -0.3 is 14.6 Å². The number of nitrogens with one attached hydrogen (secondary N) is 1. The van der Waals surface area contributed by atoms with Crippen LogP contribution >= 0.6 is 0 Å². The van der Waals surface area contributed by atoms with E-state index < -0.39 is 30.1 Å². The molecular formula is C17H16F3N3O4. The number of hydrogen-bond donors (Lipinski definition) is 1. The van der Waals surface area contributed by atoms with Gasteiger partial charge in [-0.1, -0.05) is 0 Å². The zero-order chi connectivity index (χ0) is 19.6. The number of amides is 1. The fourth-order valence-corrected chi connectivity index (χ4v) is 2.57. The Bertz CT molecular complexity index is 832. The first-order valence-electron chi connectivity index (χ1n) is 8.16. The fraction of sp³-hybridized carbons (Fsp3) is 0.353. The van der Waals surface area contributed by atoms with Gasteiger partial charge in [0.1, 0.15) is 18.0 Å². The number of nitro benzene ring substituents is 1. The molecule has 0 spiro atoms. The van der Waals surface area contributed by atoms with Crippen LogP contribution in [-0.4, -0.2) is 34.5 Å². The Labute approximate surface area is 151 Å². The predicted octanol–water partition coefficient (Wildman–Crippen LogP) is 3.97. The van der Waals surface area contributed by atoms with Gasteiger partial charge in [-0.2, -0.15) is 13.2 Å². The standard InChI is InChI=1S/C17H16F3N3O4/c18-17(19,20)10-22(9-13-2-1-7-27-13)16(24)11-3-6-14(21-12-4-5-12)15(8-11)23(25)26/h1-3,6-8,12,21H,4-5,9-10H2. The molecule has 3 rings (SSSR count). The number of rotatable bonds is 7. The highest BCUT2D eigenvalue weighted by Gasteiger charge is 2.34. The summed E-state index contributed by atoms with van der Waals surface area (Å²) in [6.45, 7) is -1.90. The lowest BCUT2D eigenvalue weighted by molar-refractivity contribution is -0.384. The summed E-state index contributed by atoms with van der Waals surface area (Å²) in [5.74, 6) is -0.793. The summed E-state index contributed by atoms with van der Waals surface area (Å²) in [5, 5.41) is 14.3. The van der Waals surface area contributed by atoms with Gasteiger partial charge in [0.2, 0.25) is 0 Å². The van der Waals surface area contributed by atoms with Crippen LogP contribution in [0.4, 0.5) is 24.5 Å².